The third-order valence-corrected chi connectivity index (χ3v) is 4.17. The molecule has 0 N–H and O–H groups in total. The zero-order valence-corrected chi connectivity index (χ0v) is 12.3. The quantitative estimate of drug-likeness (QED) is 0.762. The molecule has 1 aromatic carbocycles. The van der Waals surface area contributed by atoms with Crippen molar-refractivity contribution in [1.82, 2.24) is 0 Å². The highest BCUT2D eigenvalue weighted by Gasteiger charge is 2.16. The first kappa shape index (κ1) is 15.2. The first-order chi connectivity index (χ1) is 9.91. The standard InChI is InChI=1S/C15H14O5S/c1-8-11(13(15(18)19)9(2)20-8)7-21-12-6-4-3-5-10(12)14(16)17/h3-6H,7H2,1-2H3,(H,16,17)(H,18,19)/p-2. The van der Waals surface area contributed by atoms with Crippen LogP contribution in [0.5, 0.6) is 0 Å². The molecule has 0 atom stereocenters. The largest absolute Gasteiger partial charge is 0.545 e. The van der Waals surface area contributed by atoms with E-state index in [4.69, 9.17) is 4.42 Å². The minimum absolute atomic E-state index is 0.0333. The number of carbonyl (C=O) groups is 2. The van der Waals surface area contributed by atoms with E-state index in [-0.39, 0.29) is 22.6 Å². The summed E-state index contributed by atoms with van der Waals surface area (Å²) in [5.41, 5.74) is 0.618. The summed E-state index contributed by atoms with van der Waals surface area (Å²) in [6.45, 7) is 3.22. The van der Waals surface area contributed by atoms with E-state index in [0.717, 1.165) is 0 Å². The van der Waals surface area contributed by atoms with Gasteiger partial charge in [-0.1, -0.05) is 18.2 Å². The predicted molar refractivity (Wildman–Crippen MR) is 72.8 cm³/mol. The van der Waals surface area contributed by atoms with Crippen LogP contribution in [0.1, 0.15) is 37.8 Å². The summed E-state index contributed by atoms with van der Waals surface area (Å²) < 4.78 is 5.31. The Morgan fingerprint density at radius 3 is 2.38 bits per heavy atom. The highest BCUT2D eigenvalue weighted by atomic mass is 32.2. The summed E-state index contributed by atoms with van der Waals surface area (Å²) in [7, 11) is 0. The second-order valence-electron chi connectivity index (χ2n) is 4.43. The number of carboxylic acids is 2. The molecule has 0 saturated carbocycles. The summed E-state index contributed by atoms with van der Waals surface area (Å²) in [6, 6.07) is 6.42. The van der Waals surface area contributed by atoms with Gasteiger partial charge >= 0.3 is 0 Å². The minimum atomic E-state index is -1.30. The number of carbonyl (C=O) groups excluding carboxylic acids is 2. The van der Waals surface area contributed by atoms with Crippen molar-refractivity contribution in [2.75, 3.05) is 0 Å². The predicted octanol–water partition coefficient (Wildman–Crippen LogP) is 0.916. The van der Waals surface area contributed by atoms with Crippen LogP contribution >= 0.6 is 11.8 Å². The van der Waals surface area contributed by atoms with Crippen molar-refractivity contribution in [3.05, 3.63) is 52.5 Å². The van der Waals surface area contributed by atoms with Crippen molar-refractivity contribution in [2.45, 2.75) is 24.5 Å². The lowest BCUT2D eigenvalue weighted by Crippen LogP contribution is -2.24. The van der Waals surface area contributed by atoms with Crippen molar-refractivity contribution in [1.29, 1.82) is 0 Å². The second kappa shape index (κ2) is 6.05. The Kier molecular flexibility index (Phi) is 4.37. The van der Waals surface area contributed by atoms with E-state index in [1.807, 2.05) is 0 Å². The van der Waals surface area contributed by atoms with Crippen LogP contribution in [-0.2, 0) is 5.75 Å². The average Bonchev–Trinajstić information content (AvgIpc) is 2.70. The van der Waals surface area contributed by atoms with Crippen molar-refractivity contribution < 1.29 is 24.2 Å². The van der Waals surface area contributed by atoms with E-state index in [1.165, 1.54) is 17.8 Å². The maximum absolute atomic E-state index is 11.2. The van der Waals surface area contributed by atoms with E-state index >= 15 is 0 Å². The molecule has 0 spiro atoms. The maximum atomic E-state index is 11.2. The van der Waals surface area contributed by atoms with E-state index in [9.17, 15) is 19.8 Å². The van der Waals surface area contributed by atoms with Crippen molar-refractivity contribution in [2.24, 2.45) is 0 Å². The van der Waals surface area contributed by atoms with Gasteiger partial charge in [-0.25, -0.2) is 0 Å². The number of carboxylic acid groups (broad SMARTS) is 2. The SMILES string of the molecule is Cc1oc(C)c(C(=O)[O-])c1CSc1ccccc1C(=O)[O-]. The van der Waals surface area contributed by atoms with Gasteiger partial charge in [0.25, 0.3) is 0 Å². The summed E-state index contributed by atoms with van der Waals surface area (Å²) in [5.74, 6) is -1.51. The third-order valence-electron chi connectivity index (χ3n) is 3.07. The molecule has 2 aromatic rings. The van der Waals surface area contributed by atoms with Crippen LogP contribution in [0.4, 0.5) is 0 Å². The lowest BCUT2D eigenvalue weighted by Gasteiger charge is -2.10. The monoisotopic (exact) mass is 304 g/mol. The molecular weight excluding hydrogens is 292 g/mol. The molecule has 6 heteroatoms. The van der Waals surface area contributed by atoms with E-state index < -0.39 is 11.9 Å². The van der Waals surface area contributed by atoms with Crippen LogP contribution < -0.4 is 10.2 Å². The topological polar surface area (TPSA) is 93.4 Å². The Bertz CT molecular complexity index is 702. The van der Waals surface area contributed by atoms with E-state index in [1.54, 1.807) is 32.0 Å². The molecule has 0 radical (unpaired) electrons. The van der Waals surface area contributed by atoms with Crippen LogP contribution in [0.25, 0.3) is 0 Å². The van der Waals surface area contributed by atoms with Gasteiger partial charge < -0.3 is 24.2 Å². The number of aryl methyl sites for hydroxylation is 2. The van der Waals surface area contributed by atoms with Gasteiger partial charge in [0.1, 0.15) is 11.5 Å². The first-order valence-corrected chi connectivity index (χ1v) is 7.13. The van der Waals surface area contributed by atoms with Gasteiger partial charge in [0.2, 0.25) is 0 Å². The molecule has 1 heterocycles. The van der Waals surface area contributed by atoms with Gasteiger partial charge in [0.05, 0.1) is 11.9 Å². The second-order valence-corrected chi connectivity index (χ2v) is 5.44. The van der Waals surface area contributed by atoms with E-state index in [2.05, 4.69) is 0 Å². The number of thioether (sulfide) groups is 1. The highest BCUT2D eigenvalue weighted by molar-refractivity contribution is 7.98. The fourth-order valence-electron chi connectivity index (χ4n) is 2.08. The summed E-state index contributed by atoms with van der Waals surface area (Å²) in [4.78, 5) is 22.7. The Hall–Kier alpha value is -2.21. The van der Waals surface area contributed by atoms with Crippen LogP contribution in [0, 0.1) is 13.8 Å². The molecule has 0 fully saturated rings. The number of rotatable bonds is 5. The molecule has 2 rings (SSSR count). The number of benzene rings is 1. The van der Waals surface area contributed by atoms with Crippen molar-refractivity contribution in [3.63, 3.8) is 0 Å². The van der Waals surface area contributed by atoms with Crippen LogP contribution in [0.3, 0.4) is 0 Å². The first-order valence-electron chi connectivity index (χ1n) is 6.15. The number of hydrogen-bond donors (Lipinski definition) is 0. The molecule has 0 saturated heterocycles. The highest BCUT2D eigenvalue weighted by Crippen LogP contribution is 2.31. The van der Waals surface area contributed by atoms with Gasteiger partial charge in [-0.3, -0.25) is 0 Å². The average molecular weight is 304 g/mol. The molecule has 0 bridgehead atoms. The smallest absolute Gasteiger partial charge is 0.110 e. The Labute approximate surface area is 125 Å². The van der Waals surface area contributed by atoms with E-state index in [0.29, 0.717) is 16.2 Å². The minimum Gasteiger partial charge on any atom is -0.545 e. The van der Waals surface area contributed by atoms with Gasteiger partial charge in [0.15, 0.2) is 0 Å². The van der Waals surface area contributed by atoms with Crippen LogP contribution in [0.15, 0.2) is 33.6 Å². The third kappa shape index (κ3) is 3.11. The molecule has 110 valence electrons. The summed E-state index contributed by atoms with van der Waals surface area (Å²) >= 11 is 1.22. The molecular formula is C15H12O5S-2. The van der Waals surface area contributed by atoms with Crippen molar-refractivity contribution >= 4 is 23.7 Å². The zero-order chi connectivity index (χ0) is 15.6. The molecule has 21 heavy (non-hydrogen) atoms. The summed E-state index contributed by atoms with van der Waals surface area (Å²) in [6.07, 6.45) is 0. The molecule has 0 amide bonds. The fourth-order valence-corrected chi connectivity index (χ4v) is 3.21. The molecule has 5 nitrogen and oxygen atoms in total. The number of furan rings is 1. The van der Waals surface area contributed by atoms with Gasteiger partial charge in [-0.05, 0) is 19.9 Å². The zero-order valence-electron chi connectivity index (χ0n) is 11.5. The van der Waals surface area contributed by atoms with Crippen LogP contribution in [-0.4, -0.2) is 11.9 Å². The van der Waals surface area contributed by atoms with Gasteiger partial charge in [0, 0.05) is 27.3 Å². The van der Waals surface area contributed by atoms with Gasteiger partial charge in [-0.15, -0.1) is 11.8 Å². The number of aromatic carboxylic acids is 2. The molecule has 0 unspecified atom stereocenters. The molecule has 0 aliphatic heterocycles. The Morgan fingerprint density at radius 2 is 1.76 bits per heavy atom. The van der Waals surface area contributed by atoms with Crippen LogP contribution in [0.2, 0.25) is 0 Å². The Morgan fingerprint density at radius 1 is 1.10 bits per heavy atom. The lowest BCUT2D eigenvalue weighted by atomic mass is 10.1. The molecule has 1 aromatic heterocycles. The normalized spacial score (nSPS) is 10.6. The van der Waals surface area contributed by atoms with Crippen molar-refractivity contribution in [3.8, 4) is 0 Å². The summed E-state index contributed by atoms with van der Waals surface area (Å²) in [5, 5.41) is 22.2. The fraction of sp³-hybridized carbons (Fsp3) is 0.200. The lowest BCUT2D eigenvalue weighted by molar-refractivity contribution is -0.256. The number of hydrogen-bond acceptors (Lipinski definition) is 6. The molecule has 0 aliphatic carbocycles. The molecule has 0 aliphatic rings. The Balaban J connectivity index is 2.29. The van der Waals surface area contributed by atoms with Gasteiger partial charge in [-0.2, -0.15) is 0 Å². The maximum Gasteiger partial charge on any atom is 0.110 e.